The van der Waals surface area contributed by atoms with Gasteiger partial charge in [-0.25, -0.2) is 4.79 Å². The first-order chi connectivity index (χ1) is 8.54. The van der Waals surface area contributed by atoms with Gasteiger partial charge in [-0.15, -0.1) is 0 Å². The lowest BCUT2D eigenvalue weighted by Crippen LogP contribution is -2.40. The molecular formula is C13H21NO4Si. The number of carboxylic acid groups (broad SMARTS) is 1. The highest BCUT2D eigenvalue weighted by molar-refractivity contribution is 6.74. The van der Waals surface area contributed by atoms with Gasteiger partial charge in [-0.2, -0.15) is 4.73 Å². The molecule has 0 fully saturated rings. The second kappa shape index (κ2) is 5.30. The van der Waals surface area contributed by atoms with Crippen molar-refractivity contribution in [2.75, 3.05) is 0 Å². The van der Waals surface area contributed by atoms with Crippen molar-refractivity contribution in [2.45, 2.75) is 45.5 Å². The highest BCUT2D eigenvalue weighted by Crippen LogP contribution is 2.37. The Labute approximate surface area is 114 Å². The van der Waals surface area contributed by atoms with E-state index in [1.807, 2.05) is 0 Å². The quantitative estimate of drug-likeness (QED) is 0.523. The van der Waals surface area contributed by atoms with E-state index < -0.39 is 14.3 Å². The Balaban J connectivity index is 2.95. The van der Waals surface area contributed by atoms with Gasteiger partial charge in [-0.1, -0.05) is 20.8 Å². The standard InChI is InChI=1S/C13H21NO4Si/c1-13(2,3)19(4,5)18-9-10-8-14(17)7-6-11(10)12(15)16/h6-8H,9H2,1-5H3,(H,15,16). The molecule has 0 aliphatic rings. The van der Waals surface area contributed by atoms with Crippen molar-refractivity contribution in [3.63, 3.8) is 0 Å². The summed E-state index contributed by atoms with van der Waals surface area (Å²) in [4.78, 5) is 11.1. The molecule has 6 heteroatoms. The van der Waals surface area contributed by atoms with Crippen LogP contribution in [0.15, 0.2) is 18.5 Å². The maximum absolute atomic E-state index is 11.3. The number of pyridine rings is 1. The van der Waals surface area contributed by atoms with Crippen molar-refractivity contribution in [3.05, 3.63) is 34.8 Å². The minimum absolute atomic E-state index is 0.0403. The summed E-state index contributed by atoms with van der Waals surface area (Å²) in [6.07, 6.45) is 2.44. The Morgan fingerprint density at radius 2 is 2.05 bits per heavy atom. The molecule has 0 aliphatic heterocycles. The molecule has 1 heterocycles. The minimum Gasteiger partial charge on any atom is -0.619 e. The maximum Gasteiger partial charge on any atom is 0.336 e. The van der Waals surface area contributed by atoms with E-state index in [1.165, 1.54) is 18.5 Å². The lowest BCUT2D eigenvalue weighted by molar-refractivity contribution is -0.606. The maximum atomic E-state index is 11.3. The Kier molecular flexibility index (Phi) is 4.37. The predicted molar refractivity (Wildman–Crippen MR) is 74.3 cm³/mol. The van der Waals surface area contributed by atoms with Crippen molar-refractivity contribution in [2.24, 2.45) is 0 Å². The van der Waals surface area contributed by atoms with Gasteiger partial charge >= 0.3 is 5.97 Å². The van der Waals surface area contributed by atoms with Gasteiger partial charge < -0.3 is 14.7 Å². The molecule has 0 unspecified atom stereocenters. The van der Waals surface area contributed by atoms with Crippen LogP contribution in [0, 0.1) is 5.21 Å². The number of hydrogen-bond acceptors (Lipinski definition) is 3. The summed E-state index contributed by atoms with van der Waals surface area (Å²) in [5.74, 6) is -1.05. The van der Waals surface area contributed by atoms with E-state index >= 15 is 0 Å². The normalized spacial score (nSPS) is 12.5. The lowest BCUT2D eigenvalue weighted by atomic mass is 10.1. The molecule has 0 atom stereocenters. The van der Waals surface area contributed by atoms with Gasteiger partial charge in [-0.3, -0.25) is 0 Å². The molecule has 0 amide bonds. The van der Waals surface area contributed by atoms with E-state index in [-0.39, 0.29) is 17.2 Å². The van der Waals surface area contributed by atoms with E-state index in [2.05, 4.69) is 33.9 Å². The third kappa shape index (κ3) is 3.78. The third-order valence-electron chi connectivity index (χ3n) is 3.64. The number of hydrogen-bond donors (Lipinski definition) is 1. The van der Waals surface area contributed by atoms with Crippen LogP contribution < -0.4 is 4.73 Å². The first-order valence-electron chi connectivity index (χ1n) is 6.13. The van der Waals surface area contributed by atoms with Crippen molar-refractivity contribution >= 4 is 14.3 Å². The summed E-state index contributed by atoms with van der Waals surface area (Å²) in [7, 11) is -1.97. The van der Waals surface area contributed by atoms with Crippen molar-refractivity contribution in [3.8, 4) is 0 Å². The van der Waals surface area contributed by atoms with Crippen LogP contribution in [-0.4, -0.2) is 19.4 Å². The molecule has 0 saturated carbocycles. The summed E-state index contributed by atoms with van der Waals surface area (Å²) in [6, 6.07) is 1.31. The Morgan fingerprint density at radius 1 is 1.47 bits per heavy atom. The summed E-state index contributed by atoms with van der Waals surface area (Å²) < 4.78 is 6.54. The average Bonchev–Trinajstić information content (AvgIpc) is 2.24. The van der Waals surface area contributed by atoms with E-state index in [0.717, 1.165) is 0 Å². The molecule has 0 radical (unpaired) electrons. The van der Waals surface area contributed by atoms with Gasteiger partial charge in [0.25, 0.3) is 0 Å². The molecule has 1 N–H and O–H groups in total. The molecule has 1 aromatic heterocycles. The van der Waals surface area contributed by atoms with Crippen LogP contribution in [0.2, 0.25) is 18.1 Å². The molecule has 0 bridgehead atoms. The largest absolute Gasteiger partial charge is 0.619 e. The van der Waals surface area contributed by atoms with E-state index in [0.29, 0.717) is 10.3 Å². The van der Waals surface area contributed by atoms with E-state index in [1.54, 1.807) is 0 Å². The van der Waals surface area contributed by atoms with Gasteiger partial charge in [0.05, 0.1) is 17.7 Å². The SMILES string of the molecule is CC(C)(C)[Si](C)(C)OCc1c[n+]([O-])ccc1C(=O)O. The molecule has 5 nitrogen and oxygen atoms in total. The predicted octanol–water partition coefficient (Wildman–Crippen LogP) is 2.54. The van der Waals surface area contributed by atoms with Crippen LogP contribution in [0.5, 0.6) is 0 Å². The highest BCUT2D eigenvalue weighted by Gasteiger charge is 2.37. The van der Waals surface area contributed by atoms with Gasteiger partial charge in [0.15, 0.2) is 20.7 Å². The van der Waals surface area contributed by atoms with Crippen LogP contribution in [0.25, 0.3) is 0 Å². The number of nitrogens with zero attached hydrogens (tertiary/aromatic N) is 1. The second-order valence-electron chi connectivity index (χ2n) is 6.10. The monoisotopic (exact) mass is 283 g/mol. The zero-order chi connectivity index (χ0) is 14.8. The van der Waals surface area contributed by atoms with Crippen molar-refractivity contribution < 1.29 is 19.1 Å². The second-order valence-corrected chi connectivity index (χ2v) is 10.9. The number of aromatic nitrogens is 1. The zero-order valence-corrected chi connectivity index (χ0v) is 13.1. The Hall–Kier alpha value is -1.40. The smallest absolute Gasteiger partial charge is 0.336 e. The zero-order valence-electron chi connectivity index (χ0n) is 12.1. The highest BCUT2D eigenvalue weighted by atomic mass is 28.4. The molecule has 1 aromatic rings. The summed E-state index contributed by atoms with van der Waals surface area (Å²) in [6.45, 7) is 10.6. The van der Waals surface area contributed by atoms with Crippen LogP contribution in [0.1, 0.15) is 36.7 Å². The Bertz CT molecular complexity index is 480. The summed E-state index contributed by atoms with van der Waals surface area (Å²) in [5.41, 5.74) is 0.528. The number of aromatic carboxylic acids is 1. The molecule has 0 spiro atoms. The summed E-state index contributed by atoms with van der Waals surface area (Å²) >= 11 is 0. The van der Waals surface area contributed by atoms with Crippen molar-refractivity contribution in [1.29, 1.82) is 0 Å². The molecule has 0 aromatic carbocycles. The minimum atomic E-state index is -1.97. The number of carboxylic acids is 1. The first kappa shape index (κ1) is 15.7. The molecule has 0 saturated heterocycles. The van der Waals surface area contributed by atoms with Gasteiger partial charge in [0, 0.05) is 6.07 Å². The van der Waals surface area contributed by atoms with E-state index in [4.69, 9.17) is 9.53 Å². The first-order valence-corrected chi connectivity index (χ1v) is 9.04. The molecular weight excluding hydrogens is 262 g/mol. The topological polar surface area (TPSA) is 73.5 Å². The number of carbonyl (C=O) groups is 1. The van der Waals surface area contributed by atoms with Crippen LogP contribution in [-0.2, 0) is 11.0 Å². The van der Waals surface area contributed by atoms with Crippen LogP contribution >= 0.6 is 0 Å². The van der Waals surface area contributed by atoms with Crippen LogP contribution in [0.3, 0.4) is 0 Å². The lowest BCUT2D eigenvalue weighted by Gasteiger charge is -2.36. The van der Waals surface area contributed by atoms with Crippen LogP contribution in [0.4, 0.5) is 0 Å². The van der Waals surface area contributed by atoms with Gasteiger partial charge in [-0.05, 0) is 18.1 Å². The molecule has 19 heavy (non-hydrogen) atoms. The summed E-state index contributed by atoms with van der Waals surface area (Å²) in [5, 5.41) is 20.4. The molecule has 0 aliphatic carbocycles. The van der Waals surface area contributed by atoms with Gasteiger partial charge in [0.1, 0.15) is 0 Å². The van der Waals surface area contributed by atoms with Crippen molar-refractivity contribution in [1.82, 2.24) is 0 Å². The third-order valence-corrected chi connectivity index (χ3v) is 8.12. The fourth-order valence-electron chi connectivity index (χ4n) is 1.32. The number of rotatable bonds is 4. The van der Waals surface area contributed by atoms with E-state index in [9.17, 15) is 10.0 Å². The fourth-order valence-corrected chi connectivity index (χ4v) is 2.27. The Morgan fingerprint density at radius 3 is 2.53 bits per heavy atom. The molecule has 1 rings (SSSR count). The average molecular weight is 283 g/mol. The van der Waals surface area contributed by atoms with Gasteiger partial charge in [0.2, 0.25) is 0 Å². The molecule has 106 valence electrons. The fraction of sp³-hybridized carbons (Fsp3) is 0.538.